The number of carbonyl (C=O) groups is 1. The Hall–Kier alpha value is -1.82. The Labute approximate surface area is 177 Å². The molecule has 1 aromatic carbocycles. The van der Waals surface area contributed by atoms with Gasteiger partial charge in [-0.25, -0.2) is 0 Å². The minimum absolute atomic E-state index is 0.0670. The molecular formula is C23H31N3O2S. The highest BCUT2D eigenvalue weighted by Gasteiger charge is 2.42. The molecule has 1 aromatic heterocycles. The zero-order valence-corrected chi connectivity index (χ0v) is 18.4. The zero-order chi connectivity index (χ0) is 20.4. The van der Waals surface area contributed by atoms with E-state index < -0.39 is 0 Å². The van der Waals surface area contributed by atoms with E-state index in [0.29, 0.717) is 11.1 Å². The summed E-state index contributed by atoms with van der Waals surface area (Å²) < 4.78 is 5.28. The Morgan fingerprint density at radius 1 is 1.17 bits per heavy atom. The summed E-state index contributed by atoms with van der Waals surface area (Å²) >= 11 is 1.25. The summed E-state index contributed by atoms with van der Waals surface area (Å²) in [4.78, 5) is 12.2. The Morgan fingerprint density at radius 2 is 1.86 bits per heavy atom. The quantitative estimate of drug-likeness (QED) is 0.624. The van der Waals surface area contributed by atoms with Gasteiger partial charge in [0.2, 0.25) is 11.8 Å². The lowest BCUT2D eigenvalue weighted by Crippen LogP contribution is -2.39. The molecule has 1 amide bonds. The molecule has 2 atom stereocenters. The van der Waals surface area contributed by atoms with Crippen molar-refractivity contribution in [3.05, 3.63) is 35.7 Å². The van der Waals surface area contributed by atoms with E-state index in [-0.39, 0.29) is 17.1 Å². The molecule has 29 heavy (non-hydrogen) atoms. The van der Waals surface area contributed by atoms with Crippen molar-refractivity contribution in [3.63, 3.8) is 0 Å². The topological polar surface area (TPSA) is 68.0 Å². The van der Waals surface area contributed by atoms with Crippen LogP contribution in [0.25, 0.3) is 0 Å². The van der Waals surface area contributed by atoms with Crippen molar-refractivity contribution in [2.24, 2.45) is 17.8 Å². The maximum atomic E-state index is 12.2. The van der Waals surface area contributed by atoms with E-state index in [2.05, 4.69) is 41.5 Å². The van der Waals surface area contributed by atoms with Crippen LogP contribution in [-0.4, -0.2) is 21.9 Å². The number of fused-ring (bicyclic) bond motifs is 2. The van der Waals surface area contributed by atoms with Crippen molar-refractivity contribution in [1.82, 2.24) is 10.2 Å². The molecule has 4 rings (SSSR count). The number of thioether (sulfide) groups is 1. The molecule has 6 heteroatoms. The number of aromatic nitrogens is 2. The van der Waals surface area contributed by atoms with Gasteiger partial charge in [-0.15, -0.1) is 10.2 Å². The van der Waals surface area contributed by atoms with E-state index in [1.54, 1.807) is 6.92 Å². The number of benzene rings is 1. The Balaban J connectivity index is 1.34. The average Bonchev–Trinajstić information content (AvgIpc) is 3.11. The van der Waals surface area contributed by atoms with Crippen LogP contribution < -0.4 is 5.32 Å². The van der Waals surface area contributed by atoms with E-state index in [4.69, 9.17) is 4.42 Å². The largest absolute Gasteiger partial charge is 0.416 e. The van der Waals surface area contributed by atoms with E-state index in [1.165, 1.54) is 55.9 Å². The summed E-state index contributed by atoms with van der Waals surface area (Å²) in [5, 5.41) is 11.1. The zero-order valence-electron chi connectivity index (χ0n) is 17.6. The lowest BCUT2D eigenvalue weighted by molar-refractivity contribution is -0.113. The third kappa shape index (κ3) is 4.85. The van der Waals surface area contributed by atoms with Gasteiger partial charge in [0.05, 0.1) is 5.75 Å². The van der Waals surface area contributed by atoms with Gasteiger partial charge in [0.15, 0.2) is 0 Å². The fourth-order valence-electron chi connectivity index (χ4n) is 5.58. The maximum absolute atomic E-state index is 12.2. The summed E-state index contributed by atoms with van der Waals surface area (Å²) in [6.07, 6.45) is 8.18. The van der Waals surface area contributed by atoms with Crippen LogP contribution in [0.4, 0.5) is 5.69 Å². The van der Waals surface area contributed by atoms with Crippen molar-refractivity contribution in [1.29, 1.82) is 0 Å². The van der Waals surface area contributed by atoms with Gasteiger partial charge in [-0.2, -0.15) is 0 Å². The second-order valence-corrected chi connectivity index (χ2v) is 10.1. The maximum Gasteiger partial charge on any atom is 0.277 e. The van der Waals surface area contributed by atoms with Gasteiger partial charge in [0, 0.05) is 12.6 Å². The smallest absolute Gasteiger partial charge is 0.277 e. The molecule has 156 valence electrons. The van der Waals surface area contributed by atoms with Crippen LogP contribution in [0.5, 0.6) is 0 Å². The van der Waals surface area contributed by atoms with Crippen LogP contribution in [-0.2, 0) is 10.2 Å². The summed E-state index contributed by atoms with van der Waals surface area (Å²) in [6.45, 7) is 6.52. The molecule has 2 aliphatic carbocycles. The Morgan fingerprint density at radius 3 is 2.45 bits per heavy atom. The fourth-order valence-corrected chi connectivity index (χ4v) is 6.18. The van der Waals surface area contributed by atoms with Crippen molar-refractivity contribution in [2.75, 3.05) is 11.1 Å². The lowest BCUT2D eigenvalue weighted by Gasteiger charge is -2.48. The van der Waals surface area contributed by atoms with Crippen LogP contribution in [0, 0.1) is 24.7 Å². The SMILES string of the molecule is CCC1CC2CC(C1)CC(C)(c1ccc(NC(=O)CSc3nnc(C)o3)cc1)C2. The first-order valence-electron chi connectivity index (χ1n) is 10.8. The van der Waals surface area contributed by atoms with Crippen molar-refractivity contribution >= 4 is 23.4 Å². The molecule has 2 unspecified atom stereocenters. The van der Waals surface area contributed by atoms with Crippen LogP contribution in [0.3, 0.4) is 0 Å². The molecule has 1 N–H and O–H groups in total. The third-order valence-corrected chi connectivity index (χ3v) is 7.57. The monoisotopic (exact) mass is 413 g/mol. The van der Waals surface area contributed by atoms with Gasteiger partial charge in [-0.05, 0) is 73.0 Å². The summed E-state index contributed by atoms with van der Waals surface area (Å²) in [5.74, 6) is 3.39. The highest BCUT2D eigenvalue weighted by Crippen LogP contribution is 2.51. The van der Waals surface area contributed by atoms with Crippen LogP contribution in [0.1, 0.15) is 63.8 Å². The highest BCUT2D eigenvalue weighted by molar-refractivity contribution is 7.99. The second-order valence-electron chi connectivity index (χ2n) is 9.18. The first-order chi connectivity index (χ1) is 13.9. The first kappa shape index (κ1) is 20.5. The highest BCUT2D eigenvalue weighted by atomic mass is 32.2. The molecule has 2 aliphatic rings. The van der Waals surface area contributed by atoms with Gasteiger partial charge in [-0.1, -0.05) is 44.2 Å². The van der Waals surface area contributed by atoms with Gasteiger partial charge >= 0.3 is 0 Å². The molecule has 0 radical (unpaired) electrons. The number of nitrogens with one attached hydrogen (secondary N) is 1. The summed E-state index contributed by atoms with van der Waals surface area (Å²) in [7, 11) is 0. The molecule has 5 nitrogen and oxygen atoms in total. The summed E-state index contributed by atoms with van der Waals surface area (Å²) in [6, 6.07) is 8.50. The predicted molar refractivity (Wildman–Crippen MR) is 116 cm³/mol. The molecule has 0 aliphatic heterocycles. The average molecular weight is 414 g/mol. The van der Waals surface area contributed by atoms with Gasteiger partial charge in [-0.3, -0.25) is 4.79 Å². The number of hydrogen-bond donors (Lipinski definition) is 1. The predicted octanol–water partition coefficient (Wildman–Crippen LogP) is 5.60. The molecule has 0 saturated heterocycles. The van der Waals surface area contributed by atoms with E-state index in [0.717, 1.165) is 23.4 Å². The van der Waals surface area contributed by atoms with Crippen molar-refractivity contribution in [2.45, 2.75) is 69.9 Å². The van der Waals surface area contributed by atoms with Crippen molar-refractivity contribution < 1.29 is 9.21 Å². The molecular weight excluding hydrogens is 382 g/mol. The number of aryl methyl sites for hydroxylation is 1. The molecule has 2 saturated carbocycles. The molecule has 1 heterocycles. The molecule has 0 spiro atoms. The number of carbonyl (C=O) groups excluding carboxylic acids is 1. The molecule has 2 fully saturated rings. The lowest BCUT2D eigenvalue weighted by atomic mass is 9.57. The summed E-state index contributed by atoms with van der Waals surface area (Å²) in [5.41, 5.74) is 2.52. The van der Waals surface area contributed by atoms with Crippen LogP contribution in [0.2, 0.25) is 0 Å². The number of anilines is 1. The van der Waals surface area contributed by atoms with E-state index in [1.807, 2.05) is 12.1 Å². The van der Waals surface area contributed by atoms with Crippen LogP contribution >= 0.6 is 11.8 Å². The Bertz CT molecular complexity index is 834. The fraction of sp³-hybridized carbons (Fsp3) is 0.609. The Kier molecular flexibility index (Phi) is 6.00. The standard InChI is InChI=1S/C23H31N3O2S/c1-4-16-9-17-11-18(10-16)13-23(3,12-17)19-5-7-20(8-6-19)24-21(27)14-29-22-26-25-15(2)28-22/h5-8,16-18H,4,9-14H2,1-3H3,(H,24,27). The first-order valence-corrected chi connectivity index (χ1v) is 11.8. The second kappa shape index (κ2) is 8.50. The normalized spacial score (nSPS) is 28.9. The number of nitrogens with zero attached hydrogens (tertiary/aromatic N) is 2. The van der Waals surface area contributed by atoms with Crippen molar-refractivity contribution in [3.8, 4) is 0 Å². The number of hydrogen-bond acceptors (Lipinski definition) is 5. The molecule has 2 bridgehead atoms. The minimum Gasteiger partial charge on any atom is -0.416 e. The minimum atomic E-state index is -0.0670. The van der Waals surface area contributed by atoms with Gasteiger partial charge < -0.3 is 9.73 Å². The van der Waals surface area contributed by atoms with E-state index >= 15 is 0 Å². The third-order valence-electron chi connectivity index (χ3n) is 6.76. The van der Waals surface area contributed by atoms with Gasteiger partial charge in [0.1, 0.15) is 0 Å². The van der Waals surface area contributed by atoms with E-state index in [9.17, 15) is 4.79 Å². The number of rotatable bonds is 6. The van der Waals surface area contributed by atoms with Gasteiger partial charge in [0.25, 0.3) is 5.22 Å². The molecule has 2 aromatic rings. The van der Waals surface area contributed by atoms with Crippen LogP contribution in [0.15, 0.2) is 33.9 Å². The number of amides is 1.